The fraction of sp³-hybridized carbons (Fsp3) is 0.368. The molecule has 136 valence electrons. The van der Waals surface area contributed by atoms with Gasteiger partial charge in [0, 0.05) is 25.3 Å². The highest BCUT2D eigenvalue weighted by molar-refractivity contribution is 7.89. The molecule has 0 spiro atoms. The average molecular weight is 362 g/mol. The average Bonchev–Trinajstić information content (AvgIpc) is 2.65. The van der Waals surface area contributed by atoms with Crippen molar-refractivity contribution >= 4 is 15.7 Å². The second-order valence-electron chi connectivity index (χ2n) is 5.76. The lowest BCUT2D eigenvalue weighted by Crippen LogP contribution is -2.30. The van der Waals surface area contributed by atoms with Gasteiger partial charge in [0.1, 0.15) is 5.75 Å². The van der Waals surface area contributed by atoms with Crippen LogP contribution in [-0.4, -0.2) is 34.4 Å². The minimum Gasteiger partial charge on any atom is -0.497 e. The predicted octanol–water partition coefficient (Wildman–Crippen LogP) is 3.03. The second-order valence-corrected chi connectivity index (χ2v) is 7.85. The Morgan fingerprint density at radius 2 is 1.72 bits per heavy atom. The molecular weight excluding hydrogens is 336 g/mol. The summed E-state index contributed by atoms with van der Waals surface area (Å²) in [6, 6.07) is 18.2. The van der Waals surface area contributed by atoms with Crippen LogP contribution in [0.15, 0.2) is 54.6 Å². The molecule has 25 heavy (non-hydrogen) atoms. The molecular formula is C19H26N2O3S. The van der Waals surface area contributed by atoms with Crippen molar-refractivity contribution in [3.05, 3.63) is 60.2 Å². The number of anilines is 1. The van der Waals surface area contributed by atoms with E-state index in [9.17, 15) is 8.42 Å². The Morgan fingerprint density at radius 1 is 1.04 bits per heavy atom. The van der Waals surface area contributed by atoms with E-state index < -0.39 is 10.0 Å². The molecule has 0 aliphatic rings. The molecule has 0 aliphatic carbocycles. The van der Waals surface area contributed by atoms with Crippen LogP contribution in [0.2, 0.25) is 0 Å². The topological polar surface area (TPSA) is 58.6 Å². The van der Waals surface area contributed by atoms with Crippen molar-refractivity contribution in [2.45, 2.75) is 19.9 Å². The molecule has 1 N–H and O–H groups in total. The van der Waals surface area contributed by atoms with Crippen LogP contribution in [0.25, 0.3) is 0 Å². The number of nitrogens with zero attached hydrogens (tertiary/aromatic N) is 1. The highest BCUT2D eigenvalue weighted by Gasteiger charge is 2.09. The Morgan fingerprint density at radius 3 is 2.32 bits per heavy atom. The van der Waals surface area contributed by atoms with Gasteiger partial charge in [-0.15, -0.1) is 0 Å². The van der Waals surface area contributed by atoms with Gasteiger partial charge in [-0.3, -0.25) is 0 Å². The first-order valence-electron chi connectivity index (χ1n) is 8.44. The standard InChI is InChI=1S/C19H26N2O3S/c1-3-25(22,23)20-14-7-15-21(16-17-8-5-4-6-9-17)18-10-12-19(24-2)13-11-18/h4-6,8-13,20H,3,7,14-16H2,1-2H3. The molecule has 0 aromatic heterocycles. The van der Waals surface area contributed by atoms with Crippen LogP contribution >= 0.6 is 0 Å². The van der Waals surface area contributed by atoms with E-state index in [1.807, 2.05) is 42.5 Å². The summed E-state index contributed by atoms with van der Waals surface area (Å²) in [5.74, 6) is 0.929. The van der Waals surface area contributed by atoms with Crippen molar-refractivity contribution < 1.29 is 13.2 Å². The molecule has 0 saturated heterocycles. The smallest absolute Gasteiger partial charge is 0.211 e. The highest BCUT2D eigenvalue weighted by Crippen LogP contribution is 2.21. The Labute approximate surface area is 150 Å². The zero-order valence-corrected chi connectivity index (χ0v) is 15.6. The number of ether oxygens (including phenoxy) is 1. The molecule has 0 unspecified atom stereocenters. The monoisotopic (exact) mass is 362 g/mol. The van der Waals surface area contributed by atoms with E-state index in [0.29, 0.717) is 6.54 Å². The van der Waals surface area contributed by atoms with Crippen molar-refractivity contribution in [1.29, 1.82) is 0 Å². The van der Waals surface area contributed by atoms with Gasteiger partial charge in [-0.05, 0) is 43.2 Å². The van der Waals surface area contributed by atoms with Crippen molar-refractivity contribution in [2.24, 2.45) is 0 Å². The Balaban J connectivity index is 2.03. The number of hydrogen-bond acceptors (Lipinski definition) is 4. The summed E-state index contributed by atoms with van der Waals surface area (Å²) < 4.78 is 30.9. The van der Waals surface area contributed by atoms with Gasteiger partial charge < -0.3 is 9.64 Å². The molecule has 6 heteroatoms. The van der Waals surface area contributed by atoms with E-state index in [4.69, 9.17) is 4.74 Å². The molecule has 0 aliphatic heterocycles. The Bertz CT molecular complexity index is 731. The molecule has 0 radical (unpaired) electrons. The van der Waals surface area contributed by atoms with E-state index in [-0.39, 0.29) is 5.75 Å². The molecule has 2 aromatic carbocycles. The van der Waals surface area contributed by atoms with Crippen LogP contribution in [0, 0.1) is 0 Å². The van der Waals surface area contributed by atoms with Gasteiger partial charge in [-0.2, -0.15) is 0 Å². The van der Waals surface area contributed by atoms with Gasteiger partial charge in [0.25, 0.3) is 0 Å². The summed E-state index contributed by atoms with van der Waals surface area (Å²) in [4.78, 5) is 2.25. The molecule has 2 aromatic rings. The summed E-state index contributed by atoms with van der Waals surface area (Å²) in [5.41, 5.74) is 2.30. The first-order chi connectivity index (χ1) is 12.0. The van der Waals surface area contributed by atoms with E-state index in [2.05, 4.69) is 21.8 Å². The van der Waals surface area contributed by atoms with Crippen LogP contribution in [0.3, 0.4) is 0 Å². The quantitative estimate of drug-likeness (QED) is 0.660. The first-order valence-corrected chi connectivity index (χ1v) is 10.1. The van der Waals surface area contributed by atoms with Gasteiger partial charge in [-0.25, -0.2) is 13.1 Å². The third kappa shape index (κ3) is 6.40. The second kappa shape index (κ2) is 9.44. The molecule has 0 atom stereocenters. The molecule has 0 heterocycles. The lowest BCUT2D eigenvalue weighted by atomic mass is 10.2. The lowest BCUT2D eigenvalue weighted by Gasteiger charge is -2.25. The Hall–Kier alpha value is -2.05. The molecule has 0 bridgehead atoms. The number of sulfonamides is 1. The van der Waals surface area contributed by atoms with Gasteiger partial charge in [0.2, 0.25) is 10.0 Å². The van der Waals surface area contributed by atoms with Crippen LogP contribution in [0.4, 0.5) is 5.69 Å². The van der Waals surface area contributed by atoms with E-state index in [0.717, 1.165) is 30.9 Å². The summed E-state index contributed by atoms with van der Waals surface area (Å²) >= 11 is 0. The van der Waals surface area contributed by atoms with Gasteiger partial charge >= 0.3 is 0 Å². The number of hydrogen-bond donors (Lipinski definition) is 1. The van der Waals surface area contributed by atoms with Crippen LogP contribution in [0.1, 0.15) is 18.9 Å². The van der Waals surface area contributed by atoms with Crippen LogP contribution < -0.4 is 14.4 Å². The van der Waals surface area contributed by atoms with E-state index in [1.54, 1.807) is 14.0 Å². The highest BCUT2D eigenvalue weighted by atomic mass is 32.2. The normalized spacial score (nSPS) is 11.3. The summed E-state index contributed by atoms with van der Waals surface area (Å²) in [7, 11) is -1.49. The van der Waals surface area contributed by atoms with Gasteiger partial charge in [0.15, 0.2) is 0 Å². The van der Waals surface area contributed by atoms with E-state index >= 15 is 0 Å². The fourth-order valence-electron chi connectivity index (χ4n) is 2.50. The number of methoxy groups -OCH3 is 1. The van der Waals surface area contributed by atoms with Crippen molar-refractivity contribution in [3.8, 4) is 5.75 Å². The number of rotatable bonds is 10. The van der Waals surface area contributed by atoms with Gasteiger partial charge in [0.05, 0.1) is 12.9 Å². The summed E-state index contributed by atoms with van der Waals surface area (Å²) in [5, 5.41) is 0. The predicted molar refractivity (Wildman–Crippen MR) is 103 cm³/mol. The maximum atomic E-state index is 11.5. The lowest BCUT2D eigenvalue weighted by molar-refractivity contribution is 0.415. The minimum absolute atomic E-state index is 0.110. The van der Waals surface area contributed by atoms with Crippen molar-refractivity contribution in [2.75, 3.05) is 30.9 Å². The van der Waals surface area contributed by atoms with Crippen LogP contribution in [0.5, 0.6) is 5.75 Å². The van der Waals surface area contributed by atoms with Crippen LogP contribution in [-0.2, 0) is 16.6 Å². The number of benzene rings is 2. The molecule has 0 saturated carbocycles. The maximum absolute atomic E-state index is 11.5. The Kier molecular flexibility index (Phi) is 7.28. The zero-order chi connectivity index (χ0) is 18.1. The van der Waals surface area contributed by atoms with Crippen molar-refractivity contribution in [1.82, 2.24) is 4.72 Å². The summed E-state index contributed by atoms with van der Waals surface area (Å²) in [6.45, 7) is 3.61. The maximum Gasteiger partial charge on any atom is 0.211 e. The third-order valence-corrected chi connectivity index (χ3v) is 5.36. The third-order valence-electron chi connectivity index (χ3n) is 3.96. The molecule has 2 rings (SSSR count). The zero-order valence-electron chi connectivity index (χ0n) is 14.8. The largest absolute Gasteiger partial charge is 0.497 e. The summed E-state index contributed by atoms with van der Waals surface area (Å²) in [6.07, 6.45) is 0.734. The molecule has 0 amide bonds. The van der Waals surface area contributed by atoms with Crippen molar-refractivity contribution in [3.63, 3.8) is 0 Å². The SMILES string of the molecule is CCS(=O)(=O)NCCCN(Cc1ccccc1)c1ccc(OC)cc1. The minimum atomic E-state index is -3.14. The molecule has 5 nitrogen and oxygen atoms in total. The molecule has 0 fully saturated rings. The first kappa shape index (κ1) is 19.3. The van der Waals surface area contributed by atoms with Gasteiger partial charge in [-0.1, -0.05) is 30.3 Å². The fourth-order valence-corrected chi connectivity index (χ4v) is 3.16. The number of nitrogens with one attached hydrogen (secondary N) is 1. The van der Waals surface area contributed by atoms with E-state index in [1.165, 1.54) is 5.56 Å².